The van der Waals surface area contributed by atoms with Crippen molar-refractivity contribution >= 4 is 0 Å². The zero-order valence-electron chi connectivity index (χ0n) is 10.3. The molecule has 1 aromatic heterocycles. The highest BCUT2D eigenvalue weighted by atomic mass is 15.1. The fourth-order valence-electron chi connectivity index (χ4n) is 1.90. The van der Waals surface area contributed by atoms with Gasteiger partial charge in [-0.2, -0.15) is 0 Å². The first-order valence-corrected chi connectivity index (χ1v) is 5.83. The van der Waals surface area contributed by atoms with Crippen LogP contribution >= 0.6 is 0 Å². The van der Waals surface area contributed by atoms with E-state index in [0.29, 0.717) is 6.04 Å². The van der Waals surface area contributed by atoms with Gasteiger partial charge >= 0.3 is 0 Å². The smallest absolute Gasteiger partial charge is 0.0951 e. The molecule has 15 heavy (non-hydrogen) atoms. The summed E-state index contributed by atoms with van der Waals surface area (Å²) >= 11 is 0. The number of aromatic nitrogens is 2. The van der Waals surface area contributed by atoms with Crippen LogP contribution in [0.4, 0.5) is 0 Å². The summed E-state index contributed by atoms with van der Waals surface area (Å²) < 4.78 is 2.21. The van der Waals surface area contributed by atoms with Gasteiger partial charge < -0.3 is 10.3 Å². The van der Waals surface area contributed by atoms with Gasteiger partial charge in [-0.3, -0.25) is 0 Å². The normalized spacial score (nSPS) is 17.4. The second kappa shape index (κ2) is 5.31. The Morgan fingerprint density at radius 2 is 2.07 bits per heavy atom. The van der Waals surface area contributed by atoms with Crippen LogP contribution in [-0.4, -0.2) is 9.55 Å². The minimum atomic E-state index is 0.0619. The second-order valence-corrected chi connectivity index (χ2v) is 4.61. The Kier molecular flexibility index (Phi) is 4.33. The molecule has 1 rings (SSSR count). The lowest BCUT2D eigenvalue weighted by molar-refractivity contribution is 0.388. The number of nitrogens with two attached hydrogens (primary N) is 1. The zero-order valence-corrected chi connectivity index (χ0v) is 10.3. The van der Waals surface area contributed by atoms with Gasteiger partial charge in [-0.1, -0.05) is 20.3 Å². The standard InChI is InChI=1S/C12H23N3/c1-5-9(2)6-10(3)15-8-14-7-12(15)11(4)13/h7-11H,5-6,13H2,1-4H3. The van der Waals surface area contributed by atoms with Crippen LogP contribution in [0.5, 0.6) is 0 Å². The van der Waals surface area contributed by atoms with Crippen LogP contribution in [0.3, 0.4) is 0 Å². The molecule has 0 aromatic carbocycles. The molecule has 3 nitrogen and oxygen atoms in total. The van der Waals surface area contributed by atoms with Gasteiger partial charge in [0.1, 0.15) is 0 Å². The summed E-state index contributed by atoms with van der Waals surface area (Å²) in [6, 6.07) is 0.551. The number of nitrogens with zero attached hydrogens (tertiary/aromatic N) is 2. The van der Waals surface area contributed by atoms with E-state index in [1.54, 1.807) is 0 Å². The fraction of sp³-hybridized carbons (Fsp3) is 0.750. The molecule has 0 saturated heterocycles. The minimum absolute atomic E-state index is 0.0619. The summed E-state index contributed by atoms with van der Waals surface area (Å²) in [6.45, 7) is 8.76. The van der Waals surface area contributed by atoms with Crippen molar-refractivity contribution < 1.29 is 0 Å². The summed E-state index contributed by atoms with van der Waals surface area (Å²) in [5.41, 5.74) is 7.03. The number of rotatable bonds is 5. The molecule has 1 heterocycles. The molecule has 86 valence electrons. The molecule has 0 fully saturated rings. The van der Waals surface area contributed by atoms with E-state index in [9.17, 15) is 0 Å². The summed E-state index contributed by atoms with van der Waals surface area (Å²) in [7, 11) is 0. The second-order valence-electron chi connectivity index (χ2n) is 4.61. The van der Waals surface area contributed by atoms with Crippen molar-refractivity contribution in [2.75, 3.05) is 0 Å². The van der Waals surface area contributed by atoms with Crippen LogP contribution in [0.25, 0.3) is 0 Å². The predicted octanol–water partition coefficient (Wildman–Crippen LogP) is 2.90. The van der Waals surface area contributed by atoms with Crippen molar-refractivity contribution in [2.24, 2.45) is 11.7 Å². The maximum absolute atomic E-state index is 5.90. The van der Waals surface area contributed by atoms with E-state index < -0.39 is 0 Å². The Labute approximate surface area is 92.7 Å². The molecule has 0 aliphatic carbocycles. The highest BCUT2D eigenvalue weighted by Gasteiger charge is 2.14. The first-order valence-electron chi connectivity index (χ1n) is 5.83. The van der Waals surface area contributed by atoms with E-state index in [1.165, 1.54) is 12.8 Å². The largest absolute Gasteiger partial charge is 0.330 e. The third kappa shape index (κ3) is 3.06. The van der Waals surface area contributed by atoms with Crippen LogP contribution in [0, 0.1) is 5.92 Å². The Bertz CT molecular complexity index is 291. The molecule has 0 amide bonds. The van der Waals surface area contributed by atoms with Gasteiger partial charge in [0.05, 0.1) is 12.0 Å². The van der Waals surface area contributed by atoms with Crippen molar-refractivity contribution in [3.63, 3.8) is 0 Å². The first kappa shape index (κ1) is 12.2. The predicted molar refractivity (Wildman–Crippen MR) is 63.6 cm³/mol. The minimum Gasteiger partial charge on any atom is -0.330 e. The lowest BCUT2D eigenvalue weighted by Crippen LogP contribution is -2.16. The lowest BCUT2D eigenvalue weighted by atomic mass is 10.00. The molecule has 0 spiro atoms. The van der Waals surface area contributed by atoms with Gasteiger partial charge in [-0.05, 0) is 26.2 Å². The molecule has 3 atom stereocenters. The molecule has 0 bridgehead atoms. The number of imidazole rings is 1. The summed E-state index contributed by atoms with van der Waals surface area (Å²) in [5.74, 6) is 0.753. The fourth-order valence-corrected chi connectivity index (χ4v) is 1.90. The van der Waals surface area contributed by atoms with Gasteiger partial charge in [0.2, 0.25) is 0 Å². The molecule has 0 aliphatic heterocycles. The van der Waals surface area contributed by atoms with Crippen molar-refractivity contribution in [1.82, 2.24) is 9.55 Å². The van der Waals surface area contributed by atoms with Gasteiger partial charge in [-0.15, -0.1) is 0 Å². The van der Waals surface area contributed by atoms with Crippen LogP contribution in [0.15, 0.2) is 12.5 Å². The molecule has 1 aromatic rings. The van der Waals surface area contributed by atoms with Gasteiger partial charge in [0.25, 0.3) is 0 Å². The summed E-state index contributed by atoms with van der Waals surface area (Å²) in [6.07, 6.45) is 6.18. The van der Waals surface area contributed by atoms with Crippen LogP contribution < -0.4 is 5.73 Å². The SMILES string of the molecule is CCC(C)CC(C)n1cncc1C(C)N. The van der Waals surface area contributed by atoms with Crippen LogP contribution in [0.2, 0.25) is 0 Å². The average molecular weight is 209 g/mol. The zero-order chi connectivity index (χ0) is 11.4. The molecule has 0 saturated carbocycles. The van der Waals surface area contributed by atoms with E-state index in [-0.39, 0.29) is 6.04 Å². The van der Waals surface area contributed by atoms with E-state index in [4.69, 9.17) is 5.73 Å². The summed E-state index contributed by atoms with van der Waals surface area (Å²) in [5, 5.41) is 0. The molecule has 3 heteroatoms. The highest BCUT2D eigenvalue weighted by molar-refractivity contribution is 5.04. The average Bonchev–Trinajstić information content (AvgIpc) is 2.65. The van der Waals surface area contributed by atoms with E-state index in [2.05, 4.69) is 30.3 Å². The number of hydrogen-bond donors (Lipinski definition) is 1. The highest BCUT2D eigenvalue weighted by Crippen LogP contribution is 2.22. The molecular weight excluding hydrogens is 186 g/mol. The monoisotopic (exact) mass is 209 g/mol. The summed E-state index contributed by atoms with van der Waals surface area (Å²) in [4.78, 5) is 4.18. The number of hydrogen-bond acceptors (Lipinski definition) is 2. The van der Waals surface area contributed by atoms with E-state index >= 15 is 0 Å². The molecular formula is C12H23N3. The lowest BCUT2D eigenvalue weighted by Gasteiger charge is -2.21. The maximum atomic E-state index is 5.90. The van der Waals surface area contributed by atoms with Crippen molar-refractivity contribution in [3.05, 3.63) is 18.2 Å². The van der Waals surface area contributed by atoms with Crippen LogP contribution in [0.1, 0.15) is 58.3 Å². The quantitative estimate of drug-likeness (QED) is 0.810. The van der Waals surface area contributed by atoms with Gasteiger partial charge in [0.15, 0.2) is 0 Å². The Hall–Kier alpha value is -0.830. The topological polar surface area (TPSA) is 43.8 Å². The van der Waals surface area contributed by atoms with Crippen molar-refractivity contribution in [3.8, 4) is 0 Å². The van der Waals surface area contributed by atoms with Gasteiger partial charge in [0, 0.05) is 18.3 Å². The van der Waals surface area contributed by atoms with Gasteiger partial charge in [-0.25, -0.2) is 4.98 Å². The Balaban J connectivity index is 2.72. The molecule has 0 aliphatic rings. The Morgan fingerprint density at radius 3 is 2.60 bits per heavy atom. The molecule has 2 N–H and O–H groups in total. The van der Waals surface area contributed by atoms with Crippen LogP contribution in [-0.2, 0) is 0 Å². The maximum Gasteiger partial charge on any atom is 0.0951 e. The van der Waals surface area contributed by atoms with E-state index in [0.717, 1.165) is 11.6 Å². The van der Waals surface area contributed by atoms with Crippen molar-refractivity contribution in [2.45, 2.75) is 52.6 Å². The Morgan fingerprint density at radius 1 is 1.40 bits per heavy atom. The van der Waals surface area contributed by atoms with Crippen molar-refractivity contribution in [1.29, 1.82) is 0 Å². The molecule has 0 radical (unpaired) electrons. The van der Waals surface area contributed by atoms with E-state index in [1.807, 2.05) is 19.4 Å². The third-order valence-electron chi connectivity index (χ3n) is 3.08. The third-order valence-corrected chi connectivity index (χ3v) is 3.08. The molecule has 3 unspecified atom stereocenters. The first-order chi connectivity index (χ1) is 7.06.